The molecule has 0 saturated heterocycles. The quantitative estimate of drug-likeness (QED) is 0.277. The van der Waals surface area contributed by atoms with Gasteiger partial charge in [0.2, 0.25) is 0 Å². The summed E-state index contributed by atoms with van der Waals surface area (Å²) in [5, 5.41) is 8.38. The molecule has 4 heteroatoms. The van der Waals surface area contributed by atoms with Crippen molar-refractivity contribution in [1.82, 2.24) is 10.9 Å². The highest BCUT2D eigenvalue weighted by Crippen LogP contribution is 1.93. The minimum atomic E-state index is -0.192. The Morgan fingerprint density at radius 2 is 2.18 bits per heavy atom. The standard InChI is InChI=1S/C7H18N2O2/c1-3-8-9-5-4-7(2)11-6-10/h7-10H,3-6H2,1-2H3. The third-order valence-electron chi connectivity index (χ3n) is 1.34. The molecule has 0 aliphatic carbocycles. The van der Waals surface area contributed by atoms with Crippen LogP contribution in [0.25, 0.3) is 0 Å². The lowest BCUT2D eigenvalue weighted by Crippen LogP contribution is -2.33. The van der Waals surface area contributed by atoms with Gasteiger partial charge in [-0.15, -0.1) is 0 Å². The van der Waals surface area contributed by atoms with E-state index >= 15 is 0 Å². The molecule has 0 aliphatic rings. The van der Waals surface area contributed by atoms with Crippen molar-refractivity contribution in [1.29, 1.82) is 0 Å². The Morgan fingerprint density at radius 1 is 1.45 bits per heavy atom. The maximum absolute atomic E-state index is 8.38. The monoisotopic (exact) mass is 162 g/mol. The van der Waals surface area contributed by atoms with Crippen LogP contribution in [-0.4, -0.2) is 31.1 Å². The van der Waals surface area contributed by atoms with Crippen LogP contribution in [0.3, 0.4) is 0 Å². The average Bonchev–Trinajstić information content (AvgIpc) is 1.99. The fourth-order valence-corrected chi connectivity index (χ4v) is 0.699. The van der Waals surface area contributed by atoms with Crippen LogP contribution in [0, 0.1) is 0 Å². The minimum Gasteiger partial charge on any atom is -0.371 e. The molecule has 0 aromatic rings. The van der Waals surface area contributed by atoms with Gasteiger partial charge < -0.3 is 9.84 Å². The predicted molar refractivity (Wildman–Crippen MR) is 43.9 cm³/mol. The summed E-state index contributed by atoms with van der Waals surface area (Å²) in [6.07, 6.45) is 1.01. The number of rotatable bonds is 7. The van der Waals surface area contributed by atoms with Gasteiger partial charge in [0, 0.05) is 13.1 Å². The molecule has 0 heterocycles. The Balaban J connectivity index is 2.97. The first-order valence-electron chi connectivity index (χ1n) is 3.99. The second-order valence-electron chi connectivity index (χ2n) is 2.35. The number of hydrazine groups is 1. The minimum absolute atomic E-state index is 0.117. The molecular formula is C7H18N2O2. The second-order valence-corrected chi connectivity index (χ2v) is 2.35. The van der Waals surface area contributed by atoms with Gasteiger partial charge in [-0.25, -0.2) is 0 Å². The Bertz CT molecular complexity index is 80.8. The molecule has 0 aliphatic heterocycles. The van der Waals surface area contributed by atoms with E-state index in [1.54, 1.807) is 0 Å². The van der Waals surface area contributed by atoms with Gasteiger partial charge in [0.25, 0.3) is 0 Å². The van der Waals surface area contributed by atoms with Crippen molar-refractivity contribution >= 4 is 0 Å². The van der Waals surface area contributed by atoms with Crippen LogP contribution in [-0.2, 0) is 4.74 Å². The average molecular weight is 162 g/mol. The van der Waals surface area contributed by atoms with Crippen molar-refractivity contribution in [3.63, 3.8) is 0 Å². The molecule has 0 aromatic heterocycles. The summed E-state index contributed by atoms with van der Waals surface area (Å²) >= 11 is 0. The largest absolute Gasteiger partial charge is 0.371 e. The zero-order valence-electron chi connectivity index (χ0n) is 7.26. The highest BCUT2D eigenvalue weighted by molar-refractivity contribution is 4.50. The number of nitrogens with one attached hydrogen (secondary N) is 2. The molecule has 1 atom stereocenters. The summed E-state index contributed by atoms with van der Waals surface area (Å²) in [5.41, 5.74) is 5.99. The van der Waals surface area contributed by atoms with E-state index in [2.05, 4.69) is 10.9 Å². The van der Waals surface area contributed by atoms with Gasteiger partial charge >= 0.3 is 0 Å². The molecule has 0 bridgehead atoms. The van der Waals surface area contributed by atoms with Gasteiger partial charge in [-0.05, 0) is 13.3 Å². The summed E-state index contributed by atoms with van der Waals surface area (Å²) in [6.45, 7) is 5.54. The summed E-state index contributed by atoms with van der Waals surface area (Å²) in [5.74, 6) is 0. The van der Waals surface area contributed by atoms with Crippen LogP contribution in [0.4, 0.5) is 0 Å². The lowest BCUT2D eigenvalue weighted by Gasteiger charge is -2.10. The predicted octanol–water partition coefficient (Wildman–Crippen LogP) is -0.155. The topological polar surface area (TPSA) is 53.5 Å². The van der Waals surface area contributed by atoms with Crippen LogP contribution < -0.4 is 10.9 Å². The van der Waals surface area contributed by atoms with E-state index in [1.165, 1.54) is 0 Å². The SMILES string of the molecule is CCNNCCC(C)OCO. The fraction of sp³-hybridized carbons (Fsp3) is 1.00. The molecule has 0 radical (unpaired) electrons. The molecule has 68 valence electrons. The van der Waals surface area contributed by atoms with E-state index in [0.29, 0.717) is 0 Å². The van der Waals surface area contributed by atoms with Crippen molar-refractivity contribution < 1.29 is 9.84 Å². The van der Waals surface area contributed by atoms with E-state index in [0.717, 1.165) is 19.5 Å². The van der Waals surface area contributed by atoms with Gasteiger partial charge in [-0.1, -0.05) is 6.92 Å². The molecule has 0 fully saturated rings. The van der Waals surface area contributed by atoms with Crippen LogP contribution in [0.1, 0.15) is 20.3 Å². The summed E-state index contributed by atoms with van der Waals surface area (Å²) < 4.78 is 4.91. The van der Waals surface area contributed by atoms with Crippen molar-refractivity contribution in [3.05, 3.63) is 0 Å². The third kappa shape index (κ3) is 7.74. The van der Waals surface area contributed by atoms with Crippen LogP contribution in [0.15, 0.2) is 0 Å². The van der Waals surface area contributed by atoms with Crippen LogP contribution in [0.5, 0.6) is 0 Å². The molecule has 0 spiro atoms. The Kier molecular flexibility index (Phi) is 7.83. The first kappa shape index (κ1) is 10.8. The van der Waals surface area contributed by atoms with Crippen molar-refractivity contribution in [2.75, 3.05) is 19.9 Å². The van der Waals surface area contributed by atoms with E-state index < -0.39 is 0 Å². The summed E-state index contributed by atoms with van der Waals surface area (Å²) in [7, 11) is 0. The third-order valence-corrected chi connectivity index (χ3v) is 1.34. The second kappa shape index (κ2) is 7.94. The molecular weight excluding hydrogens is 144 g/mol. The molecule has 11 heavy (non-hydrogen) atoms. The highest BCUT2D eigenvalue weighted by Gasteiger charge is 1.98. The van der Waals surface area contributed by atoms with Crippen LogP contribution >= 0.6 is 0 Å². The number of hydrogen-bond acceptors (Lipinski definition) is 4. The lowest BCUT2D eigenvalue weighted by atomic mass is 10.3. The first-order valence-corrected chi connectivity index (χ1v) is 3.99. The van der Waals surface area contributed by atoms with Crippen molar-refractivity contribution in [2.45, 2.75) is 26.4 Å². The maximum atomic E-state index is 8.38. The van der Waals surface area contributed by atoms with E-state index in [1.807, 2.05) is 13.8 Å². The molecule has 0 aromatic carbocycles. The maximum Gasteiger partial charge on any atom is 0.143 e. The van der Waals surface area contributed by atoms with Crippen molar-refractivity contribution in [3.8, 4) is 0 Å². The number of ether oxygens (including phenoxy) is 1. The van der Waals surface area contributed by atoms with E-state index in [-0.39, 0.29) is 12.9 Å². The highest BCUT2D eigenvalue weighted by atomic mass is 16.6. The van der Waals surface area contributed by atoms with Crippen LogP contribution in [0.2, 0.25) is 0 Å². The van der Waals surface area contributed by atoms with Gasteiger partial charge in [0.1, 0.15) is 6.79 Å². The van der Waals surface area contributed by atoms with Crippen molar-refractivity contribution in [2.24, 2.45) is 0 Å². The van der Waals surface area contributed by atoms with E-state index in [9.17, 15) is 0 Å². The normalized spacial score (nSPS) is 13.4. The zero-order valence-corrected chi connectivity index (χ0v) is 7.26. The Hall–Kier alpha value is -0.160. The Morgan fingerprint density at radius 3 is 2.73 bits per heavy atom. The van der Waals surface area contributed by atoms with Gasteiger partial charge in [-0.2, -0.15) is 0 Å². The number of aliphatic hydroxyl groups excluding tert-OH is 1. The molecule has 1 unspecified atom stereocenters. The van der Waals surface area contributed by atoms with Gasteiger partial charge in [-0.3, -0.25) is 10.9 Å². The fourth-order valence-electron chi connectivity index (χ4n) is 0.699. The summed E-state index contributed by atoms with van der Waals surface area (Å²) in [6, 6.07) is 0. The summed E-state index contributed by atoms with van der Waals surface area (Å²) in [4.78, 5) is 0. The molecule has 0 rings (SSSR count). The van der Waals surface area contributed by atoms with Gasteiger partial charge in [0.15, 0.2) is 0 Å². The smallest absolute Gasteiger partial charge is 0.143 e. The van der Waals surface area contributed by atoms with Gasteiger partial charge in [0.05, 0.1) is 6.10 Å². The zero-order chi connectivity index (χ0) is 8.53. The lowest BCUT2D eigenvalue weighted by molar-refractivity contribution is -0.0448. The molecule has 4 nitrogen and oxygen atoms in total. The molecule has 3 N–H and O–H groups in total. The molecule has 0 amide bonds. The first-order chi connectivity index (χ1) is 5.31. The number of hydrogen-bond donors (Lipinski definition) is 3. The number of aliphatic hydroxyl groups is 1. The van der Waals surface area contributed by atoms with E-state index in [4.69, 9.17) is 9.84 Å². The molecule has 0 saturated carbocycles. The Labute approximate surface area is 67.9 Å².